The summed E-state index contributed by atoms with van der Waals surface area (Å²) in [6, 6.07) is 7.97. The maximum atomic E-state index is 11.3. The smallest absolute Gasteiger partial charge is 0.336 e. The molecular formula is C14H10O2S. The fourth-order valence-corrected chi connectivity index (χ4v) is 3.44. The topological polar surface area (TPSA) is 37.3 Å². The predicted octanol–water partition coefficient (Wildman–Crippen LogP) is 3.13. The van der Waals surface area contributed by atoms with Gasteiger partial charge in [-0.05, 0) is 23.3 Å². The number of hydrogen-bond donors (Lipinski definition) is 1. The molecule has 3 heteroatoms. The van der Waals surface area contributed by atoms with E-state index in [1.165, 1.54) is 0 Å². The molecule has 1 aromatic rings. The number of rotatable bonds is 1. The van der Waals surface area contributed by atoms with Crippen molar-refractivity contribution in [3.05, 3.63) is 59.7 Å². The molecule has 2 aliphatic rings. The third-order valence-electron chi connectivity index (χ3n) is 2.90. The van der Waals surface area contributed by atoms with Gasteiger partial charge in [0.15, 0.2) is 0 Å². The molecule has 1 aliphatic heterocycles. The molecule has 1 unspecified atom stereocenters. The molecule has 17 heavy (non-hydrogen) atoms. The molecule has 1 atom stereocenters. The first kappa shape index (κ1) is 10.4. The van der Waals surface area contributed by atoms with Gasteiger partial charge in [-0.25, -0.2) is 4.79 Å². The lowest BCUT2D eigenvalue weighted by Crippen LogP contribution is -2.05. The Hall–Kier alpha value is -1.74. The van der Waals surface area contributed by atoms with E-state index in [1.54, 1.807) is 23.9 Å². The zero-order valence-electron chi connectivity index (χ0n) is 8.96. The maximum absolute atomic E-state index is 11.3. The van der Waals surface area contributed by atoms with Crippen molar-refractivity contribution in [3.63, 3.8) is 0 Å². The molecule has 0 saturated carbocycles. The van der Waals surface area contributed by atoms with Crippen LogP contribution in [-0.2, 0) is 4.79 Å². The van der Waals surface area contributed by atoms with Gasteiger partial charge in [0, 0.05) is 4.90 Å². The van der Waals surface area contributed by atoms with Crippen molar-refractivity contribution >= 4 is 23.3 Å². The SMILES string of the molecule is O=C(O)C1=C2c3ccccc3SC2C=CC=C1. The van der Waals surface area contributed by atoms with Crippen molar-refractivity contribution in [3.8, 4) is 0 Å². The van der Waals surface area contributed by atoms with Crippen LogP contribution in [0, 0.1) is 0 Å². The second-order valence-electron chi connectivity index (χ2n) is 3.91. The molecule has 0 fully saturated rings. The standard InChI is InChI=1S/C14H10O2S/c15-14(16)10-6-2-4-8-12-13(10)9-5-1-3-7-11(9)17-12/h1-8,12H,(H,15,16). The lowest BCUT2D eigenvalue weighted by atomic mass is 9.97. The van der Waals surface area contributed by atoms with Gasteiger partial charge in [-0.1, -0.05) is 36.4 Å². The third-order valence-corrected chi connectivity index (χ3v) is 4.15. The van der Waals surface area contributed by atoms with E-state index >= 15 is 0 Å². The van der Waals surface area contributed by atoms with Gasteiger partial charge in [-0.2, -0.15) is 0 Å². The Morgan fingerprint density at radius 2 is 2.06 bits per heavy atom. The van der Waals surface area contributed by atoms with Crippen LogP contribution in [-0.4, -0.2) is 16.3 Å². The summed E-state index contributed by atoms with van der Waals surface area (Å²) in [6.45, 7) is 0. The Morgan fingerprint density at radius 1 is 1.24 bits per heavy atom. The number of carboxylic acid groups (broad SMARTS) is 1. The summed E-state index contributed by atoms with van der Waals surface area (Å²) in [5.74, 6) is -0.859. The van der Waals surface area contributed by atoms with E-state index in [0.717, 1.165) is 16.0 Å². The van der Waals surface area contributed by atoms with Gasteiger partial charge >= 0.3 is 5.97 Å². The van der Waals surface area contributed by atoms with Crippen molar-refractivity contribution in [2.24, 2.45) is 0 Å². The Kier molecular flexibility index (Phi) is 2.41. The van der Waals surface area contributed by atoms with Crippen LogP contribution >= 0.6 is 11.8 Å². The van der Waals surface area contributed by atoms with Crippen LogP contribution in [0.25, 0.3) is 5.57 Å². The van der Waals surface area contributed by atoms with E-state index in [9.17, 15) is 9.90 Å². The summed E-state index contributed by atoms with van der Waals surface area (Å²) in [7, 11) is 0. The largest absolute Gasteiger partial charge is 0.478 e. The van der Waals surface area contributed by atoms with E-state index in [1.807, 2.05) is 36.4 Å². The van der Waals surface area contributed by atoms with Crippen LogP contribution in [0.1, 0.15) is 5.56 Å². The molecule has 3 rings (SSSR count). The van der Waals surface area contributed by atoms with Crippen LogP contribution in [0.3, 0.4) is 0 Å². The number of aliphatic carboxylic acids is 1. The minimum atomic E-state index is -0.859. The van der Waals surface area contributed by atoms with Gasteiger partial charge in [0.2, 0.25) is 0 Å². The molecule has 1 N–H and O–H groups in total. The molecule has 2 nitrogen and oxygen atoms in total. The summed E-state index contributed by atoms with van der Waals surface area (Å²) in [5.41, 5.74) is 2.37. The Bertz CT molecular complexity index is 582. The number of carbonyl (C=O) groups is 1. The first-order chi connectivity index (χ1) is 8.27. The van der Waals surface area contributed by atoms with Crippen LogP contribution in [0.15, 0.2) is 59.0 Å². The van der Waals surface area contributed by atoms with Gasteiger partial charge in [-0.3, -0.25) is 0 Å². The number of benzene rings is 1. The molecule has 0 radical (unpaired) electrons. The molecule has 0 bridgehead atoms. The number of fused-ring (bicyclic) bond motifs is 3. The zero-order chi connectivity index (χ0) is 11.8. The molecular weight excluding hydrogens is 232 g/mol. The highest BCUT2D eigenvalue weighted by Gasteiger charge is 2.30. The number of carboxylic acids is 1. The number of thioether (sulfide) groups is 1. The van der Waals surface area contributed by atoms with Crippen LogP contribution < -0.4 is 0 Å². The van der Waals surface area contributed by atoms with E-state index in [-0.39, 0.29) is 5.25 Å². The Balaban J connectivity index is 2.27. The summed E-state index contributed by atoms with van der Waals surface area (Å²) >= 11 is 1.71. The fraction of sp³-hybridized carbons (Fsp3) is 0.0714. The molecule has 0 amide bonds. The van der Waals surface area contributed by atoms with Gasteiger partial charge in [0.1, 0.15) is 0 Å². The van der Waals surface area contributed by atoms with Crippen LogP contribution in [0.4, 0.5) is 0 Å². The molecule has 0 spiro atoms. The number of allylic oxidation sites excluding steroid dienone is 2. The molecule has 1 heterocycles. The molecule has 1 aliphatic carbocycles. The zero-order valence-corrected chi connectivity index (χ0v) is 9.78. The highest BCUT2D eigenvalue weighted by Crippen LogP contribution is 2.47. The highest BCUT2D eigenvalue weighted by molar-refractivity contribution is 8.01. The maximum Gasteiger partial charge on any atom is 0.336 e. The van der Waals surface area contributed by atoms with Gasteiger partial charge in [0.05, 0.1) is 10.8 Å². The van der Waals surface area contributed by atoms with Crippen LogP contribution in [0.2, 0.25) is 0 Å². The third kappa shape index (κ3) is 1.63. The Morgan fingerprint density at radius 3 is 2.88 bits per heavy atom. The van der Waals surface area contributed by atoms with E-state index < -0.39 is 5.97 Å². The quantitative estimate of drug-likeness (QED) is 0.822. The normalized spacial score (nSPS) is 21.1. The molecule has 0 aromatic heterocycles. The van der Waals surface area contributed by atoms with Gasteiger partial charge in [0.25, 0.3) is 0 Å². The molecule has 0 saturated heterocycles. The summed E-state index contributed by atoms with van der Waals surface area (Å²) < 4.78 is 0. The summed E-state index contributed by atoms with van der Waals surface area (Å²) in [6.07, 6.45) is 7.43. The van der Waals surface area contributed by atoms with Gasteiger partial charge < -0.3 is 5.11 Å². The fourth-order valence-electron chi connectivity index (χ4n) is 2.17. The minimum absolute atomic E-state index is 0.119. The van der Waals surface area contributed by atoms with E-state index in [2.05, 4.69) is 0 Å². The van der Waals surface area contributed by atoms with E-state index in [4.69, 9.17) is 0 Å². The predicted molar refractivity (Wildman–Crippen MR) is 68.9 cm³/mol. The first-order valence-electron chi connectivity index (χ1n) is 5.36. The average Bonchev–Trinajstić information content (AvgIpc) is 2.54. The second kappa shape index (κ2) is 3.93. The average molecular weight is 242 g/mol. The van der Waals surface area contributed by atoms with Crippen molar-refractivity contribution in [2.75, 3.05) is 0 Å². The van der Waals surface area contributed by atoms with Gasteiger partial charge in [-0.15, -0.1) is 11.8 Å². The molecule has 1 aromatic carbocycles. The number of hydrogen-bond acceptors (Lipinski definition) is 2. The summed E-state index contributed by atoms with van der Waals surface area (Å²) in [4.78, 5) is 12.5. The Labute approximate surface area is 103 Å². The lowest BCUT2D eigenvalue weighted by molar-refractivity contribution is -0.132. The monoisotopic (exact) mass is 242 g/mol. The van der Waals surface area contributed by atoms with Crippen molar-refractivity contribution in [1.82, 2.24) is 0 Å². The second-order valence-corrected chi connectivity index (χ2v) is 5.09. The minimum Gasteiger partial charge on any atom is -0.478 e. The molecule has 84 valence electrons. The van der Waals surface area contributed by atoms with Crippen molar-refractivity contribution in [1.29, 1.82) is 0 Å². The highest BCUT2D eigenvalue weighted by atomic mass is 32.2. The van der Waals surface area contributed by atoms with Crippen LogP contribution in [0.5, 0.6) is 0 Å². The lowest BCUT2D eigenvalue weighted by Gasteiger charge is -2.07. The first-order valence-corrected chi connectivity index (χ1v) is 6.24. The van der Waals surface area contributed by atoms with Crippen molar-refractivity contribution in [2.45, 2.75) is 10.1 Å². The summed E-state index contributed by atoms with van der Waals surface area (Å²) in [5, 5.41) is 9.41. The van der Waals surface area contributed by atoms with Crippen molar-refractivity contribution < 1.29 is 9.90 Å². The van der Waals surface area contributed by atoms with E-state index in [0.29, 0.717) is 5.57 Å².